The van der Waals surface area contributed by atoms with Crippen molar-refractivity contribution in [3.63, 3.8) is 0 Å². The van der Waals surface area contributed by atoms with Crippen LogP contribution in [0.2, 0.25) is 0 Å². The fourth-order valence-corrected chi connectivity index (χ4v) is 3.82. The van der Waals surface area contributed by atoms with Gasteiger partial charge in [0.1, 0.15) is 10.6 Å². The van der Waals surface area contributed by atoms with Crippen LogP contribution < -0.4 is 0 Å². The zero-order chi connectivity index (χ0) is 14.0. The lowest BCUT2D eigenvalue weighted by atomic mass is 9.79. The molecule has 5 heteroatoms. The van der Waals surface area contributed by atoms with Gasteiger partial charge in [0.15, 0.2) is 5.69 Å². The van der Waals surface area contributed by atoms with E-state index in [2.05, 4.69) is 11.9 Å². The van der Waals surface area contributed by atoms with Gasteiger partial charge in [0.25, 0.3) is 0 Å². The fourth-order valence-electron chi connectivity index (χ4n) is 2.71. The molecule has 1 fully saturated rings. The third-order valence-electron chi connectivity index (χ3n) is 3.89. The van der Waals surface area contributed by atoms with Crippen LogP contribution in [0.5, 0.6) is 0 Å². The summed E-state index contributed by atoms with van der Waals surface area (Å²) in [6.45, 7) is 6.69. The fraction of sp³-hybridized carbons (Fsp3) is 0.714. The second kappa shape index (κ2) is 5.59. The minimum atomic E-state index is -0.948. The summed E-state index contributed by atoms with van der Waals surface area (Å²) in [5.41, 5.74) is -0.178. The average molecular weight is 283 g/mol. The summed E-state index contributed by atoms with van der Waals surface area (Å²) in [7, 11) is 0. The molecule has 1 N–H and O–H groups in total. The van der Waals surface area contributed by atoms with Gasteiger partial charge in [0.05, 0.1) is 0 Å². The van der Waals surface area contributed by atoms with Gasteiger partial charge in [-0.2, -0.15) is 0 Å². The summed E-state index contributed by atoms with van der Waals surface area (Å²) in [6, 6.07) is 0. The number of aromatic carboxylic acids is 1. The summed E-state index contributed by atoms with van der Waals surface area (Å²) in [5, 5.41) is 9.98. The minimum absolute atomic E-state index is 0.178. The van der Waals surface area contributed by atoms with E-state index in [4.69, 9.17) is 9.84 Å². The maximum atomic E-state index is 11.1. The Morgan fingerprint density at radius 1 is 1.53 bits per heavy atom. The Bertz CT molecular complexity index is 461. The van der Waals surface area contributed by atoms with E-state index >= 15 is 0 Å². The van der Waals surface area contributed by atoms with E-state index in [0.717, 1.165) is 35.6 Å². The quantitative estimate of drug-likeness (QED) is 0.917. The lowest BCUT2D eigenvalue weighted by Crippen LogP contribution is -2.34. The molecule has 2 rings (SSSR count). The molecular formula is C14H21NO3S. The van der Waals surface area contributed by atoms with Crippen molar-refractivity contribution in [1.29, 1.82) is 0 Å². The van der Waals surface area contributed by atoms with Crippen molar-refractivity contribution >= 4 is 17.3 Å². The summed E-state index contributed by atoms with van der Waals surface area (Å²) >= 11 is 1.47. The van der Waals surface area contributed by atoms with Gasteiger partial charge in [-0.05, 0) is 45.4 Å². The van der Waals surface area contributed by atoms with Crippen LogP contribution in [0.4, 0.5) is 0 Å². The number of aryl methyl sites for hydroxylation is 1. The van der Waals surface area contributed by atoms with Crippen LogP contribution in [-0.4, -0.2) is 22.7 Å². The number of rotatable bonds is 4. The van der Waals surface area contributed by atoms with Crippen molar-refractivity contribution in [3.05, 3.63) is 15.6 Å². The molecule has 106 valence electrons. The van der Waals surface area contributed by atoms with Gasteiger partial charge in [-0.3, -0.25) is 0 Å². The summed E-state index contributed by atoms with van der Waals surface area (Å²) < 4.78 is 6.01. The predicted octanol–water partition coefficient (Wildman–Crippen LogP) is 3.59. The number of hydrogen-bond acceptors (Lipinski definition) is 4. The first-order valence-electron chi connectivity index (χ1n) is 6.83. The zero-order valence-electron chi connectivity index (χ0n) is 11.7. The number of hydrogen-bond donors (Lipinski definition) is 1. The molecule has 1 aromatic heterocycles. The van der Waals surface area contributed by atoms with Crippen LogP contribution in [0.3, 0.4) is 0 Å². The molecule has 0 aliphatic heterocycles. The zero-order valence-corrected chi connectivity index (χ0v) is 12.5. The van der Waals surface area contributed by atoms with Gasteiger partial charge in [-0.1, -0.05) is 6.92 Å². The Morgan fingerprint density at radius 3 is 2.63 bits per heavy atom. The molecule has 0 atom stereocenters. The molecule has 1 saturated carbocycles. The van der Waals surface area contributed by atoms with Gasteiger partial charge in [0, 0.05) is 11.5 Å². The number of aromatic nitrogens is 1. The Hall–Kier alpha value is -0.940. The number of carbonyl (C=O) groups is 1. The molecule has 1 heterocycles. The second-order valence-corrected chi connectivity index (χ2v) is 6.54. The topological polar surface area (TPSA) is 59.4 Å². The van der Waals surface area contributed by atoms with Crippen LogP contribution in [-0.2, 0) is 10.3 Å². The standard InChI is InChI=1S/C14H21NO3S/c1-4-18-14(7-5-9(2)6-8-14)13-15-11(12(16)17)10(3)19-13/h9H,4-8H2,1-3H3,(H,16,17). The lowest BCUT2D eigenvalue weighted by molar-refractivity contribution is -0.0776. The highest BCUT2D eigenvalue weighted by Gasteiger charge is 2.40. The molecule has 0 amide bonds. The molecule has 0 bridgehead atoms. The van der Waals surface area contributed by atoms with Gasteiger partial charge in [-0.15, -0.1) is 11.3 Å². The van der Waals surface area contributed by atoms with E-state index in [0.29, 0.717) is 12.5 Å². The molecular weight excluding hydrogens is 262 g/mol. The normalized spacial score (nSPS) is 27.4. The molecule has 1 aliphatic carbocycles. The number of carboxylic acids is 1. The molecule has 0 aromatic carbocycles. The highest BCUT2D eigenvalue weighted by Crippen LogP contribution is 2.44. The maximum absolute atomic E-state index is 11.1. The van der Waals surface area contributed by atoms with E-state index in [-0.39, 0.29) is 11.3 Å². The van der Waals surface area contributed by atoms with Crippen LogP contribution in [0.15, 0.2) is 0 Å². The van der Waals surface area contributed by atoms with Crippen LogP contribution in [0, 0.1) is 12.8 Å². The lowest BCUT2D eigenvalue weighted by Gasteiger charge is -2.37. The molecule has 1 aromatic rings. The van der Waals surface area contributed by atoms with E-state index in [1.165, 1.54) is 11.3 Å². The largest absolute Gasteiger partial charge is 0.476 e. The van der Waals surface area contributed by atoms with Crippen molar-refractivity contribution in [2.45, 2.75) is 52.1 Å². The van der Waals surface area contributed by atoms with Crippen molar-refractivity contribution in [1.82, 2.24) is 4.98 Å². The SMILES string of the molecule is CCOC1(c2nc(C(=O)O)c(C)s2)CCC(C)CC1. The number of thiazole rings is 1. The molecule has 19 heavy (non-hydrogen) atoms. The minimum Gasteiger partial charge on any atom is -0.476 e. The number of carboxylic acid groups (broad SMARTS) is 1. The first-order valence-corrected chi connectivity index (χ1v) is 7.65. The van der Waals surface area contributed by atoms with Crippen LogP contribution in [0.25, 0.3) is 0 Å². The van der Waals surface area contributed by atoms with Crippen LogP contribution in [0.1, 0.15) is 59.9 Å². The third kappa shape index (κ3) is 2.82. The molecule has 4 nitrogen and oxygen atoms in total. The van der Waals surface area contributed by atoms with Gasteiger partial charge >= 0.3 is 5.97 Å². The van der Waals surface area contributed by atoms with Crippen molar-refractivity contribution in [2.75, 3.05) is 6.61 Å². The predicted molar refractivity (Wildman–Crippen MR) is 74.7 cm³/mol. The Morgan fingerprint density at radius 2 is 2.16 bits per heavy atom. The van der Waals surface area contributed by atoms with Crippen molar-refractivity contribution < 1.29 is 14.6 Å². The second-order valence-electron chi connectivity index (χ2n) is 5.34. The first-order chi connectivity index (χ1) is 8.98. The Kier molecular flexibility index (Phi) is 4.26. The summed E-state index contributed by atoms with van der Waals surface area (Å²) in [4.78, 5) is 16.2. The Balaban J connectivity index is 2.34. The number of nitrogens with zero attached hydrogens (tertiary/aromatic N) is 1. The van der Waals surface area contributed by atoms with Gasteiger partial charge < -0.3 is 9.84 Å². The molecule has 1 aliphatic rings. The third-order valence-corrected chi connectivity index (χ3v) is 5.05. The first kappa shape index (κ1) is 14.5. The molecule has 0 spiro atoms. The molecule has 0 saturated heterocycles. The number of ether oxygens (including phenoxy) is 1. The van der Waals surface area contributed by atoms with E-state index in [1.807, 2.05) is 13.8 Å². The summed E-state index contributed by atoms with van der Waals surface area (Å²) in [5.74, 6) is -0.232. The van der Waals surface area contributed by atoms with Gasteiger partial charge in [-0.25, -0.2) is 9.78 Å². The maximum Gasteiger partial charge on any atom is 0.355 e. The van der Waals surface area contributed by atoms with Crippen molar-refractivity contribution in [3.8, 4) is 0 Å². The van der Waals surface area contributed by atoms with E-state index in [1.54, 1.807) is 0 Å². The Labute approximate surface area is 117 Å². The summed E-state index contributed by atoms with van der Waals surface area (Å²) in [6.07, 6.45) is 4.10. The van der Waals surface area contributed by atoms with E-state index < -0.39 is 5.97 Å². The van der Waals surface area contributed by atoms with E-state index in [9.17, 15) is 4.79 Å². The average Bonchev–Trinajstić information content (AvgIpc) is 2.75. The smallest absolute Gasteiger partial charge is 0.355 e. The monoisotopic (exact) mass is 283 g/mol. The van der Waals surface area contributed by atoms with Crippen molar-refractivity contribution in [2.24, 2.45) is 5.92 Å². The molecule has 0 radical (unpaired) electrons. The highest BCUT2D eigenvalue weighted by atomic mass is 32.1. The highest BCUT2D eigenvalue weighted by molar-refractivity contribution is 7.12. The van der Waals surface area contributed by atoms with Gasteiger partial charge in [0.2, 0.25) is 0 Å². The molecule has 0 unspecified atom stereocenters. The van der Waals surface area contributed by atoms with Crippen LogP contribution >= 0.6 is 11.3 Å².